The molecule has 0 unspecified atom stereocenters. The fourth-order valence-corrected chi connectivity index (χ4v) is 4.12. The van der Waals surface area contributed by atoms with E-state index in [0.717, 1.165) is 20.8 Å². The third kappa shape index (κ3) is 3.54. The van der Waals surface area contributed by atoms with Crippen LogP contribution in [0.2, 0.25) is 5.02 Å². The molecule has 0 N–H and O–H groups in total. The SMILES string of the molecule is COCCn1c(-c2ccc(Cl)cc2)nc2sc(-c3ccccc3)cc2c1=O. The van der Waals surface area contributed by atoms with Crippen LogP contribution in [0.25, 0.3) is 32.0 Å². The van der Waals surface area contributed by atoms with Gasteiger partial charge in [0.2, 0.25) is 0 Å². The lowest BCUT2D eigenvalue weighted by atomic mass is 10.2. The first-order valence-electron chi connectivity index (χ1n) is 8.52. The maximum Gasteiger partial charge on any atom is 0.262 e. The van der Waals surface area contributed by atoms with Crippen molar-refractivity contribution < 1.29 is 4.74 Å². The van der Waals surface area contributed by atoms with E-state index in [1.165, 1.54) is 11.3 Å². The first-order valence-corrected chi connectivity index (χ1v) is 9.71. The quantitative estimate of drug-likeness (QED) is 0.472. The predicted molar refractivity (Wildman–Crippen MR) is 112 cm³/mol. The molecule has 0 saturated carbocycles. The first-order chi connectivity index (χ1) is 13.2. The Hall–Kier alpha value is -2.47. The van der Waals surface area contributed by atoms with E-state index in [0.29, 0.717) is 29.4 Å². The summed E-state index contributed by atoms with van der Waals surface area (Å²) in [5.41, 5.74) is 1.88. The van der Waals surface area contributed by atoms with Crippen molar-refractivity contribution in [3.8, 4) is 21.8 Å². The molecule has 0 spiro atoms. The molecule has 136 valence electrons. The van der Waals surface area contributed by atoms with Gasteiger partial charge < -0.3 is 4.74 Å². The maximum atomic E-state index is 13.2. The van der Waals surface area contributed by atoms with E-state index in [4.69, 9.17) is 21.3 Å². The predicted octanol–water partition coefficient (Wildman–Crippen LogP) is 5.09. The number of thiophene rings is 1. The van der Waals surface area contributed by atoms with Gasteiger partial charge in [-0.3, -0.25) is 9.36 Å². The number of hydrogen-bond donors (Lipinski definition) is 0. The Balaban J connectivity index is 1.93. The van der Waals surface area contributed by atoms with Gasteiger partial charge >= 0.3 is 0 Å². The highest BCUT2D eigenvalue weighted by atomic mass is 35.5. The topological polar surface area (TPSA) is 44.1 Å². The van der Waals surface area contributed by atoms with Crippen molar-refractivity contribution in [2.75, 3.05) is 13.7 Å². The third-order valence-electron chi connectivity index (χ3n) is 4.33. The molecule has 0 fully saturated rings. The Bertz CT molecular complexity index is 1130. The molecule has 27 heavy (non-hydrogen) atoms. The third-order valence-corrected chi connectivity index (χ3v) is 5.66. The number of aromatic nitrogens is 2. The van der Waals surface area contributed by atoms with Crippen molar-refractivity contribution in [2.45, 2.75) is 6.54 Å². The van der Waals surface area contributed by atoms with Crippen LogP contribution in [-0.2, 0) is 11.3 Å². The standard InChI is InChI=1S/C21H17ClN2O2S/c1-26-12-11-24-19(15-7-9-16(22)10-8-15)23-20-17(21(24)25)13-18(27-20)14-5-3-2-4-6-14/h2-10,13H,11-12H2,1H3. The molecule has 6 heteroatoms. The van der Waals surface area contributed by atoms with Crippen LogP contribution in [-0.4, -0.2) is 23.3 Å². The number of fused-ring (bicyclic) bond motifs is 1. The van der Waals surface area contributed by atoms with Crippen molar-refractivity contribution in [2.24, 2.45) is 0 Å². The summed E-state index contributed by atoms with van der Waals surface area (Å²) in [7, 11) is 1.62. The lowest BCUT2D eigenvalue weighted by Gasteiger charge is -2.12. The summed E-state index contributed by atoms with van der Waals surface area (Å²) in [6, 6.07) is 19.3. The smallest absolute Gasteiger partial charge is 0.262 e. The van der Waals surface area contributed by atoms with Gasteiger partial charge in [-0.1, -0.05) is 41.9 Å². The second kappa shape index (κ2) is 7.64. The van der Waals surface area contributed by atoms with Gasteiger partial charge in [0.15, 0.2) is 0 Å². The Kier molecular flexibility index (Phi) is 5.07. The van der Waals surface area contributed by atoms with Crippen molar-refractivity contribution >= 4 is 33.2 Å². The Morgan fingerprint density at radius 3 is 2.52 bits per heavy atom. The van der Waals surface area contributed by atoms with E-state index in [9.17, 15) is 4.79 Å². The highest BCUT2D eigenvalue weighted by Gasteiger charge is 2.16. The van der Waals surface area contributed by atoms with E-state index in [-0.39, 0.29) is 5.56 Å². The number of methoxy groups -OCH3 is 1. The largest absolute Gasteiger partial charge is 0.383 e. The minimum Gasteiger partial charge on any atom is -0.383 e. The lowest BCUT2D eigenvalue weighted by molar-refractivity contribution is 0.186. The van der Waals surface area contributed by atoms with Crippen LogP contribution < -0.4 is 5.56 Å². The fraction of sp³-hybridized carbons (Fsp3) is 0.143. The van der Waals surface area contributed by atoms with Gasteiger partial charge in [-0.15, -0.1) is 11.3 Å². The maximum absolute atomic E-state index is 13.2. The van der Waals surface area contributed by atoms with Crippen LogP contribution in [0.1, 0.15) is 0 Å². The van der Waals surface area contributed by atoms with Gasteiger partial charge in [0.05, 0.1) is 18.5 Å². The summed E-state index contributed by atoms with van der Waals surface area (Å²) in [4.78, 5) is 19.8. The highest BCUT2D eigenvalue weighted by Crippen LogP contribution is 2.32. The number of nitrogens with zero attached hydrogens (tertiary/aromatic N) is 2. The van der Waals surface area contributed by atoms with Gasteiger partial charge in [0.1, 0.15) is 10.7 Å². The molecule has 4 nitrogen and oxygen atoms in total. The number of benzene rings is 2. The average Bonchev–Trinajstić information content (AvgIpc) is 3.13. The van der Waals surface area contributed by atoms with Crippen LogP contribution in [0.4, 0.5) is 0 Å². The fourth-order valence-electron chi connectivity index (χ4n) is 2.97. The number of ether oxygens (including phenoxy) is 1. The van der Waals surface area contributed by atoms with E-state index in [2.05, 4.69) is 0 Å². The summed E-state index contributed by atoms with van der Waals surface area (Å²) >= 11 is 7.54. The summed E-state index contributed by atoms with van der Waals surface area (Å²) < 4.78 is 6.87. The van der Waals surface area contributed by atoms with Crippen LogP contribution >= 0.6 is 22.9 Å². The lowest BCUT2D eigenvalue weighted by Crippen LogP contribution is -2.24. The minimum atomic E-state index is -0.0552. The van der Waals surface area contributed by atoms with Gasteiger partial charge in [-0.2, -0.15) is 0 Å². The van der Waals surface area contributed by atoms with Crippen LogP contribution in [0, 0.1) is 0 Å². The van der Waals surface area contributed by atoms with Crippen molar-refractivity contribution in [1.29, 1.82) is 0 Å². The molecule has 0 atom stereocenters. The van der Waals surface area contributed by atoms with Gasteiger partial charge in [-0.05, 0) is 35.9 Å². The molecule has 0 aliphatic carbocycles. The monoisotopic (exact) mass is 396 g/mol. The molecule has 0 amide bonds. The first kappa shape index (κ1) is 17.9. The summed E-state index contributed by atoms with van der Waals surface area (Å²) in [5, 5.41) is 1.28. The molecule has 0 radical (unpaired) electrons. The summed E-state index contributed by atoms with van der Waals surface area (Å²) in [5.74, 6) is 0.627. The van der Waals surface area contributed by atoms with Crippen LogP contribution in [0.5, 0.6) is 0 Å². The molecule has 0 bridgehead atoms. The van der Waals surface area contributed by atoms with E-state index >= 15 is 0 Å². The average molecular weight is 397 g/mol. The zero-order valence-corrected chi connectivity index (χ0v) is 16.3. The normalized spacial score (nSPS) is 11.2. The van der Waals surface area contributed by atoms with Gasteiger partial charge in [-0.25, -0.2) is 4.98 Å². The van der Waals surface area contributed by atoms with E-state index < -0.39 is 0 Å². The van der Waals surface area contributed by atoms with Crippen molar-refractivity contribution in [1.82, 2.24) is 9.55 Å². The zero-order valence-electron chi connectivity index (χ0n) is 14.7. The minimum absolute atomic E-state index is 0.0552. The Morgan fingerprint density at radius 2 is 1.81 bits per heavy atom. The van der Waals surface area contributed by atoms with Gasteiger partial charge in [0.25, 0.3) is 5.56 Å². The molecule has 2 heterocycles. The molecule has 2 aromatic carbocycles. The molecular weight excluding hydrogens is 380 g/mol. The van der Waals surface area contributed by atoms with E-state index in [1.54, 1.807) is 23.8 Å². The second-order valence-corrected chi connectivity index (χ2v) is 7.55. The number of rotatable bonds is 5. The van der Waals surface area contributed by atoms with E-state index in [1.807, 2.05) is 48.5 Å². The summed E-state index contributed by atoms with van der Waals surface area (Å²) in [6.07, 6.45) is 0. The Morgan fingerprint density at radius 1 is 1.07 bits per heavy atom. The molecule has 0 aliphatic rings. The molecular formula is C21H17ClN2O2S. The summed E-state index contributed by atoms with van der Waals surface area (Å²) in [6.45, 7) is 0.871. The van der Waals surface area contributed by atoms with Crippen LogP contribution in [0.3, 0.4) is 0 Å². The molecule has 2 aromatic heterocycles. The molecule has 0 aliphatic heterocycles. The number of hydrogen-bond acceptors (Lipinski definition) is 4. The molecule has 4 rings (SSSR count). The highest BCUT2D eigenvalue weighted by molar-refractivity contribution is 7.21. The van der Waals surface area contributed by atoms with Crippen molar-refractivity contribution in [3.05, 3.63) is 76.0 Å². The molecule has 0 saturated heterocycles. The van der Waals surface area contributed by atoms with Crippen molar-refractivity contribution in [3.63, 3.8) is 0 Å². The zero-order chi connectivity index (χ0) is 18.8. The Labute approximate surface area is 165 Å². The van der Waals surface area contributed by atoms with Crippen LogP contribution in [0.15, 0.2) is 65.5 Å². The number of halogens is 1. The van der Waals surface area contributed by atoms with Gasteiger partial charge in [0, 0.05) is 22.6 Å². The molecule has 4 aromatic rings. The second-order valence-electron chi connectivity index (χ2n) is 6.09.